The number of nitrogens with one attached hydrogen (secondary N) is 2. The molecule has 0 saturated heterocycles. The van der Waals surface area contributed by atoms with Gasteiger partial charge < -0.3 is 15.5 Å². The van der Waals surface area contributed by atoms with Crippen molar-refractivity contribution in [1.29, 1.82) is 0 Å². The van der Waals surface area contributed by atoms with Crippen molar-refractivity contribution in [2.24, 2.45) is 5.73 Å². The Bertz CT molecular complexity index is 1010. The van der Waals surface area contributed by atoms with Gasteiger partial charge in [0, 0.05) is 30.2 Å². The first-order chi connectivity index (χ1) is 12.5. The van der Waals surface area contributed by atoms with Crippen LogP contribution in [0.4, 0.5) is 0 Å². The van der Waals surface area contributed by atoms with Crippen molar-refractivity contribution in [1.82, 2.24) is 14.7 Å². The molecule has 0 bridgehead atoms. The number of carbonyl (C=O) groups excluding carboxylic acids is 1. The monoisotopic (exact) mass is 372 g/mol. The number of aldehydes is 1. The molecular formula is C18H20N4O3S. The normalized spacial score (nSPS) is 11.7. The fourth-order valence-electron chi connectivity index (χ4n) is 2.74. The Balaban J connectivity index is 1.91. The second kappa shape index (κ2) is 7.77. The van der Waals surface area contributed by atoms with Gasteiger partial charge >= 0.3 is 0 Å². The molecule has 0 aliphatic carbocycles. The van der Waals surface area contributed by atoms with Crippen LogP contribution in [0.1, 0.15) is 12.1 Å². The van der Waals surface area contributed by atoms with E-state index in [0.717, 1.165) is 28.5 Å². The van der Waals surface area contributed by atoms with Crippen LogP contribution in [0.2, 0.25) is 0 Å². The number of fused-ring (bicyclic) bond motifs is 1. The fraction of sp³-hybridized carbons (Fsp3) is 0.222. The van der Waals surface area contributed by atoms with E-state index in [1.54, 1.807) is 30.5 Å². The van der Waals surface area contributed by atoms with Crippen LogP contribution in [0.3, 0.4) is 0 Å². The molecule has 4 N–H and O–H groups in total. The minimum absolute atomic E-state index is 0.208. The van der Waals surface area contributed by atoms with E-state index in [0.29, 0.717) is 31.6 Å². The second-order valence-electron chi connectivity index (χ2n) is 5.85. The Labute approximate surface area is 151 Å². The van der Waals surface area contributed by atoms with Crippen LogP contribution in [0, 0.1) is 0 Å². The van der Waals surface area contributed by atoms with Crippen LogP contribution >= 0.6 is 0 Å². The fourth-order valence-corrected chi connectivity index (χ4v) is 3.81. The highest BCUT2D eigenvalue weighted by Gasteiger charge is 2.14. The Kier molecular flexibility index (Phi) is 5.46. The number of sulfonamides is 1. The van der Waals surface area contributed by atoms with Crippen LogP contribution in [-0.2, 0) is 21.2 Å². The number of pyridine rings is 1. The molecular weight excluding hydrogens is 352 g/mol. The zero-order chi connectivity index (χ0) is 18.6. The van der Waals surface area contributed by atoms with Crippen LogP contribution in [0.15, 0.2) is 47.5 Å². The lowest BCUT2D eigenvalue weighted by molar-refractivity contribution is -0.107. The highest BCUT2D eigenvalue weighted by atomic mass is 32.2. The van der Waals surface area contributed by atoms with Crippen molar-refractivity contribution in [3.05, 3.63) is 48.3 Å². The van der Waals surface area contributed by atoms with Crippen molar-refractivity contribution in [2.45, 2.75) is 17.7 Å². The zero-order valence-electron chi connectivity index (χ0n) is 14.1. The van der Waals surface area contributed by atoms with Gasteiger partial charge in [-0.2, -0.15) is 0 Å². The SMILES string of the molecule is NCCCNS(=O)(=O)c1ccc(-c2ccnc3[nH]c(CC=O)cc23)cc1. The third-order valence-electron chi connectivity index (χ3n) is 4.04. The number of benzene rings is 1. The van der Waals surface area contributed by atoms with Crippen LogP contribution < -0.4 is 10.5 Å². The highest BCUT2D eigenvalue weighted by Crippen LogP contribution is 2.29. The zero-order valence-corrected chi connectivity index (χ0v) is 14.9. The van der Waals surface area contributed by atoms with E-state index in [-0.39, 0.29) is 4.90 Å². The van der Waals surface area contributed by atoms with Crippen LogP contribution in [0.5, 0.6) is 0 Å². The van der Waals surface area contributed by atoms with E-state index in [1.165, 1.54) is 0 Å². The molecule has 0 amide bonds. The van der Waals surface area contributed by atoms with E-state index >= 15 is 0 Å². The molecule has 0 atom stereocenters. The van der Waals surface area contributed by atoms with Gasteiger partial charge in [0.05, 0.1) is 4.90 Å². The van der Waals surface area contributed by atoms with Gasteiger partial charge in [-0.1, -0.05) is 12.1 Å². The van der Waals surface area contributed by atoms with E-state index in [2.05, 4.69) is 14.7 Å². The Morgan fingerprint density at radius 1 is 1.19 bits per heavy atom. The summed E-state index contributed by atoms with van der Waals surface area (Å²) in [6.45, 7) is 0.747. The third kappa shape index (κ3) is 3.82. The first kappa shape index (κ1) is 18.2. The number of hydrogen-bond donors (Lipinski definition) is 3. The van der Waals surface area contributed by atoms with Crippen molar-refractivity contribution in [3.8, 4) is 11.1 Å². The lowest BCUT2D eigenvalue weighted by Crippen LogP contribution is -2.26. The van der Waals surface area contributed by atoms with Gasteiger partial charge in [0.1, 0.15) is 11.9 Å². The summed E-state index contributed by atoms with van der Waals surface area (Å²) in [5.41, 5.74) is 8.66. The predicted molar refractivity (Wildman–Crippen MR) is 100 cm³/mol. The molecule has 26 heavy (non-hydrogen) atoms. The number of rotatable bonds is 8. The van der Waals surface area contributed by atoms with E-state index in [1.807, 2.05) is 12.1 Å². The standard InChI is InChI=1S/C18H20N4O3S/c19-8-1-9-21-26(24,25)15-4-2-13(3-5-15)16-6-10-20-18-17(16)12-14(22-18)7-11-23/h2-6,10-12,21H,1,7-9,19H2,(H,20,22). The number of carbonyl (C=O) groups is 1. The predicted octanol–water partition coefficient (Wildman–Crippen LogP) is 1.60. The van der Waals surface area contributed by atoms with Crippen molar-refractivity contribution >= 4 is 27.3 Å². The lowest BCUT2D eigenvalue weighted by atomic mass is 10.0. The first-order valence-electron chi connectivity index (χ1n) is 8.25. The maximum atomic E-state index is 12.2. The first-order valence-corrected chi connectivity index (χ1v) is 9.74. The average Bonchev–Trinajstić information content (AvgIpc) is 3.05. The number of H-pyrrole nitrogens is 1. The molecule has 2 heterocycles. The highest BCUT2D eigenvalue weighted by molar-refractivity contribution is 7.89. The number of aromatic nitrogens is 2. The summed E-state index contributed by atoms with van der Waals surface area (Å²) in [6.07, 6.45) is 3.39. The average molecular weight is 372 g/mol. The number of aromatic amines is 1. The summed E-state index contributed by atoms with van der Waals surface area (Å²) in [6, 6.07) is 10.4. The minimum Gasteiger partial charge on any atom is -0.343 e. The molecule has 0 aliphatic heterocycles. The summed E-state index contributed by atoms with van der Waals surface area (Å²) in [5.74, 6) is 0. The van der Waals surface area contributed by atoms with Crippen molar-refractivity contribution in [3.63, 3.8) is 0 Å². The molecule has 136 valence electrons. The molecule has 3 rings (SSSR count). The molecule has 0 aliphatic rings. The number of nitrogens with zero attached hydrogens (tertiary/aromatic N) is 1. The second-order valence-corrected chi connectivity index (χ2v) is 7.62. The Hall–Kier alpha value is -2.55. The third-order valence-corrected chi connectivity index (χ3v) is 5.52. The molecule has 7 nitrogen and oxygen atoms in total. The van der Waals surface area contributed by atoms with Gasteiger partial charge in [-0.05, 0) is 48.4 Å². The molecule has 0 fully saturated rings. The largest absolute Gasteiger partial charge is 0.343 e. The molecule has 8 heteroatoms. The molecule has 1 aromatic carbocycles. The van der Waals surface area contributed by atoms with Gasteiger partial charge in [0.15, 0.2) is 0 Å². The molecule has 2 aromatic heterocycles. The van der Waals surface area contributed by atoms with Gasteiger partial charge in [-0.15, -0.1) is 0 Å². The molecule has 0 spiro atoms. The van der Waals surface area contributed by atoms with Gasteiger partial charge in [-0.25, -0.2) is 18.1 Å². The van der Waals surface area contributed by atoms with E-state index in [4.69, 9.17) is 5.73 Å². The summed E-state index contributed by atoms with van der Waals surface area (Å²) in [4.78, 5) is 18.3. The number of hydrogen-bond acceptors (Lipinski definition) is 5. The van der Waals surface area contributed by atoms with Crippen molar-refractivity contribution in [2.75, 3.05) is 13.1 Å². The molecule has 0 unspecified atom stereocenters. The summed E-state index contributed by atoms with van der Waals surface area (Å²) in [5, 5.41) is 0.890. The maximum absolute atomic E-state index is 12.2. The smallest absolute Gasteiger partial charge is 0.240 e. The minimum atomic E-state index is -3.54. The van der Waals surface area contributed by atoms with Gasteiger partial charge in [-0.3, -0.25) is 0 Å². The van der Waals surface area contributed by atoms with E-state index < -0.39 is 10.0 Å². The topological polar surface area (TPSA) is 118 Å². The summed E-state index contributed by atoms with van der Waals surface area (Å²) < 4.78 is 27.0. The van der Waals surface area contributed by atoms with E-state index in [9.17, 15) is 13.2 Å². The van der Waals surface area contributed by atoms with Crippen LogP contribution in [0.25, 0.3) is 22.2 Å². The molecule has 3 aromatic rings. The Morgan fingerprint density at radius 2 is 1.96 bits per heavy atom. The molecule has 0 radical (unpaired) electrons. The van der Waals surface area contributed by atoms with Crippen molar-refractivity contribution < 1.29 is 13.2 Å². The maximum Gasteiger partial charge on any atom is 0.240 e. The summed E-state index contributed by atoms with van der Waals surface area (Å²) >= 11 is 0. The van der Waals surface area contributed by atoms with Crippen LogP contribution in [-0.4, -0.2) is 37.8 Å². The number of nitrogens with two attached hydrogens (primary N) is 1. The lowest BCUT2D eigenvalue weighted by Gasteiger charge is -2.08. The van der Waals surface area contributed by atoms with Gasteiger partial charge in [0.25, 0.3) is 0 Å². The van der Waals surface area contributed by atoms with Gasteiger partial charge in [0.2, 0.25) is 10.0 Å². The molecule has 0 saturated carbocycles. The quantitative estimate of drug-likeness (QED) is 0.410. The summed E-state index contributed by atoms with van der Waals surface area (Å²) in [7, 11) is -3.54. The Morgan fingerprint density at radius 3 is 2.65 bits per heavy atom.